The molecule has 0 bridgehead atoms. The van der Waals surface area contributed by atoms with Gasteiger partial charge in [0.25, 0.3) is 0 Å². The Labute approximate surface area is 192 Å². The quantitative estimate of drug-likeness (QED) is 0.192. The average molecular weight is 516 g/mol. The Balaban J connectivity index is 0.00000420. The van der Waals surface area contributed by atoms with Gasteiger partial charge in [-0.15, -0.1) is 24.0 Å². The molecule has 1 saturated heterocycles. The van der Waals surface area contributed by atoms with Crippen LogP contribution in [0.25, 0.3) is 0 Å². The maximum atomic E-state index is 11.4. The molecule has 0 spiro atoms. The smallest absolute Gasteiger partial charge is 0.220 e. The average Bonchev–Trinajstić information content (AvgIpc) is 2.72. The molecule has 0 radical (unpaired) electrons. The molecule has 2 rings (SSSR count). The molecule has 0 aliphatic carbocycles. The zero-order valence-corrected chi connectivity index (χ0v) is 20.2. The molecule has 1 aromatic rings. The zero-order chi connectivity index (χ0) is 20.2. The molecule has 1 fully saturated rings. The van der Waals surface area contributed by atoms with Crippen LogP contribution in [-0.4, -0.2) is 43.0 Å². The van der Waals surface area contributed by atoms with Crippen LogP contribution in [0.5, 0.6) is 0 Å². The van der Waals surface area contributed by atoms with E-state index in [1.54, 1.807) is 0 Å². The highest BCUT2D eigenvalue weighted by Crippen LogP contribution is 2.24. The number of hydrogen-bond acceptors (Lipinski definition) is 4. The van der Waals surface area contributed by atoms with Crippen molar-refractivity contribution in [2.45, 2.75) is 58.9 Å². The van der Waals surface area contributed by atoms with Crippen molar-refractivity contribution in [1.29, 1.82) is 0 Å². The minimum absolute atomic E-state index is 0. The summed E-state index contributed by atoms with van der Waals surface area (Å²) in [6.07, 6.45) is 8.32. The number of carbonyl (C=O) groups excluding carboxylic acids is 1. The standard InChI is InChI=1S/C21H36N6O.HI/c1-3-5-6-7-12-25-21(23-4-2)26-16-18-9-8-13-24-20(18)27-14-10-17(11-15-27)19(22)28;/h8-9,13,17H,3-7,10-12,14-16H2,1-2H3,(H2,22,28)(H2,23,25,26);1H. The third kappa shape index (κ3) is 8.76. The molecule has 1 aromatic heterocycles. The number of nitrogens with zero attached hydrogens (tertiary/aromatic N) is 3. The summed E-state index contributed by atoms with van der Waals surface area (Å²) in [6, 6.07) is 4.03. The van der Waals surface area contributed by atoms with E-state index >= 15 is 0 Å². The van der Waals surface area contributed by atoms with Crippen LogP contribution >= 0.6 is 24.0 Å². The Bertz CT molecular complexity index is 631. The fraction of sp³-hybridized carbons (Fsp3) is 0.667. The van der Waals surface area contributed by atoms with Crippen LogP contribution in [-0.2, 0) is 11.3 Å². The van der Waals surface area contributed by atoms with E-state index in [9.17, 15) is 4.79 Å². The summed E-state index contributed by atoms with van der Waals surface area (Å²) in [7, 11) is 0. The van der Waals surface area contributed by atoms with Crippen LogP contribution in [0.2, 0.25) is 0 Å². The van der Waals surface area contributed by atoms with Gasteiger partial charge in [-0.2, -0.15) is 0 Å². The monoisotopic (exact) mass is 516 g/mol. The first-order chi connectivity index (χ1) is 13.7. The molecule has 0 atom stereocenters. The van der Waals surface area contributed by atoms with Crippen molar-refractivity contribution in [2.24, 2.45) is 16.6 Å². The Morgan fingerprint density at radius 3 is 2.66 bits per heavy atom. The van der Waals surface area contributed by atoms with Gasteiger partial charge < -0.3 is 21.3 Å². The predicted molar refractivity (Wildman–Crippen MR) is 131 cm³/mol. The SMILES string of the molecule is CCCCCCNC(=NCc1cccnc1N1CCC(C(N)=O)CC1)NCC.I. The number of halogens is 1. The second kappa shape index (κ2) is 14.4. The fourth-order valence-electron chi connectivity index (χ4n) is 3.48. The summed E-state index contributed by atoms with van der Waals surface area (Å²) in [5.74, 6) is 1.61. The van der Waals surface area contributed by atoms with Crippen LogP contribution in [0.1, 0.15) is 57.9 Å². The maximum absolute atomic E-state index is 11.4. The molecule has 0 unspecified atom stereocenters. The number of nitrogens with two attached hydrogens (primary N) is 1. The Morgan fingerprint density at radius 1 is 1.24 bits per heavy atom. The van der Waals surface area contributed by atoms with E-state index in [2.05, 4.69) is 40.4 Å². The summed E-state index contributed by atoms with van der Waals surface area (Å²) in [5.41, 5.74) is 6.55. The van der Waals surface area contributed by atoms with E-state index in [0.29, 0.717) is 6.54 Å². The lowest BCUT2D eigenvalue weighted by Gasteiger charge is -2.32. The molecule has 7 nitrogen and oxygen atoms in total. The summed E-state index contributed by atoms with van der Waals surface area (Å²) in [4.78, 5) is 23.0. The first-order valence-corrected chi connectivity index (χ1v) is 10.7. The molecule has 2 heterocycles. The van der Waals surface area contributed by atoms with Crippen molar-refractivity contribution in [3.8, 4) is 0 Å². The van der Waals surface area contributed by atoms with E-state index in [-0.39, 0.29) is 35.8 Å². The Morgan fingerprint density at radius 2 is 2.00 bits per heavy atom. The fourth-order valence-corrected chi connectivity index (χ4v) is 3.48. The number of pyridine rings is 1. The number of hydrogen-bond donors (Lipinski definition) is 3. The van der Waals surface area contributed by atoms with Gasteiger partial charge in [0.05, 0.1) is 6.54 Å². The molecule has 0 aromatic carbocycles. The van der Waals surface area contributed by atoms with Crippen molar-refractivity contribution in [3.63, 3.8) is 0 Å². The van der Waals surface area contributed by atoms with Gasteiger partial charge in [-0.1, -0.05) is 32.3 Å². The lowest BCUT2D eigenvalue weighted by Crippen LogP contribution is -2.39. The molecule has 1 aliphatic heterocycles. The minimum Gasteiger partial charge on any atom is -0.369 e. The first kappa shape index (κ1) is 25.5. The van der Waals surface area contributed by atoms with Gasteiger partial charge in [0.2, 0.25) is 5.91 Å². The molecule has 164 valence electrons. The van der Waals surface area contributed by atoms with Crippen LogP contribution in [0.4, 0.5) is 5.82 Å². The molecule has 0 saturated carbocycles. The van der Waals surface area contributed by atoms with E-state index in [0.717, 1.165) is 62.8 Å². The molecule has 29 heavy (non-hydrogen) atoms. The van der Waals surface area contributed by atoms with Crippen LogP contribution in [0.15, 0.2) is 23.3 Å². The number of primary amides is 1. The number of unbranched alkanes of at least 4 members (excludes halogenated alkanes) is 3. The molecular formula is C21H37IN6O. The summed E-state index contributed by atoms with van der Waals surface area (Å²) >= 11 is 0. The van der Waals surface area contributed by atoms with Gasteiger partial charge in [-0.25, -0.2) is 9.98 Å². The zero-order valence-electron chi connectivity index (χ0n) is 17.8. The van der Waals surface area contributed by atoms with Gasteiger partial charge in [-0.3, -0.25) is 4.79 Å². The van der Waals surface area contributed by atoms with Gasteiger partial charge in [0, 0.05) is 43.9 Å². The second-order valence-corrected chi connectivity index (χ2v) is 7.33. The topological polar surface area (TPSA) is 95.6 Å². The van der Waals surface area contributed by atoms with Crippen LogP contribution in [0, 0.1) is 5.92 Å². The minimum atomic E-state index is -0.189. The van der Waals surface area contributed by atoms with Gasteiger partial charge in [0.1, 0.15) is 5.82 Å². The molecule has 4 N–H and O–H groups in total. The van der Waals surface area contributed by atoms with Crippen LogP contribution in [0.3, 0.4) is 0 Å². The van der Waals surface area contributed by atoms with Crippen molar-refractivity contribution in [3.05, 3.63) is 23.9 Å². The van der Waals surface area contributed by atoms with Crippen molar-refractivity contribution in [1.82, 2.24) is 15.6 Å². The summed E-state index contributed by atoms with van der Waals surface area (Å²) in [6.45, 7) is 8.25. The Kier molecular flexibility index (Phi) is 12.6. The normalized spacial score (nSPS) is 15.0. The van der Waals surface area contributed by atoms with Gasteiger partial charge in [-0.05, 0) is 32.3 Å². The third-order valence-electron chi connectivity index (χ3n) is 5.14. The Hall–Kier alpha value is -1.58. The van der Waals surface area contributed by atoms with E-state index in [4.69, 9.17) is 10.7 Å². The molecular weight excluding hydrogens is 479 g/mol. The number of guanidine groups is 1. The van der Waals surface area contributed by atoms with Crippen molar-refractivity contribution < 1.29 is 4.79 Å². The number of rotatable bonds is 10. The van der Waals surface area contributed by atoms with E-state index in [1.807, 2.05) is 12.3 Å². The highest BCUT2D eigenvalue weighted by molar-refractivity contribution is 14.0. The largest absolute Gasteiger partial charge is 0.369 e. The number of amides is 1. The molecule has 8 heteroatoms. The highest BCUT2D eigenvalue weighted by Gasteiger charge is 2.24. The number of anilines is 1. The van der Waals surface area contributed by atoms with E-state index < -0.39 is 0 Å². The predicted octanol–water partition coefficient (Wildman–Crippen LogP) is 3.04. The number of aliphatic imine (C=N–C) groups is 1. The van der Waals surface area contributed by atoms with Crippen molar-refractivity contribution in [2.75, 3.05) is 31.1 Å². The second-order valence-electron chi connectivity index (χ2n) is 7.33. The number of carbonyl (C=O) groups is 1. The van der Waals surface area contributed by atoms with Crippen LogP contribution < -0.4 is 21.3 Å². The summed E-state index contributed by atoms with van der Waals surface area (Å²) in [5, 5.41) is 6.74. The molecule has 1 aliphatic rings. The van der Waals surface area contributed by atoms with Gasteiger partial charge >= 0.3 is 0 Å². The van der Waals surface area contributed by atoms with Gasteiger partial charge in [0.15, 0.2) is 5.96 Å². The maximum Gasteiger partial charge on any atom is 0.220 e. The lowest BCUT2D eigenvalue weighted by atomic mass is 9.96. The molecule has 1 amide bonds. The summed E-state index contributed by atoms with van der Waals surface area (Å²) < 4.78 is 0. The highest BCUT2D eigenvalue weighted by atomic mass is 127. The number of nitrogens with one attached hydrogen (secondary N) is 2. The van der Waals surface area contributed by atoms with Crippen molar-refractivity contribution >= 4 is 41.7 Å². The number of aromatic nitrogens is 1. The van der Waals surface area contributed by atoms with E-state index in [1.165, 1.54) is 19.3 Å². The third-order valence-corrected chi connectivity index (χ3v) is 5.14. The first-order valence-electron chi connectivity index (χ1n) is 10.7. The number of piperidine rings is 1. The lowest BCUT2D eigenvalue weighted by molar-refractivity contribution is -0.122.